The van der Waals surface area contributed by atoms with Gasteiger partial charge < -0.3 is 14.6 Å². The first kappa shape index (κ1) is 15.8. The fourth-order valence-electron chi connectivity index (χ4n) is 2.55. The van der Waals surface area contributed by atoms with Crippen LogP contribution in [0.25, 0.3) is 0 Å². The summed E-state index contributed by atoms with van der Waals surface area (Å²) in [6, 6.07) is 16.5. The molecule has 0 fully saturated rings. The summed E-state index contributed by atoms with van der Waals surface area (Å²) in [6.45, 7) is 0. The molecule has 3 rings (SSSR count). The van der Waals surface area contributed by atoms with E-state index in [1.165, 1.54) is 0 Å². The highest BCUT2D eigenvalue weighted by Crippen LogP contribution is 2.21. The van der Waals surface area contributed by atoms with Crippen molar-refractivity contribution < 1.29 is 9.53 Å². The van der Waals surface area contributed by atoms with E-state index in [-0.39, 0.29) is 11.9 Å². The molecule has 0 radical (unpaired) electrons. The molecular weight excluding hydrogens is 302 g/mol. The predicted octanol–water partition coefficient (Wildman–Crippen LogP) is 2.95. The second-order valence-electron chi connectivity index (χ2n) is 5.44. The van der Waals surface area contributed by atoms with Crippen LogP contribution in [0.4, 0.5) is 0 Å². The number of aromatic nitrogens is 2. The first-order chi connectivity index (χ1) is 11.7. The van der Waals surface area contributed by atoms with Gasteiger partial charge in [-0.3, -0.25) is 4.79 Å². The lowest BCUT2D eigenvalue weighted by Gasteiger charge is -2.19. The van der Waals surface area contributed by atoms with Gasteiger partial charge in [-0.25, -0.2) is 4.98 Å². The minimum absolute atomic E-state index is 0.158. The number of hydrogen-bond acceptors (Lipinski definition) is 3. The van der Waals surface area contributed by atoms with E-state index in [0.717, 1.165) is 17.1 Å². The molecule has 1 unspecified atom stereocenters. The molecular formula is C19H19N3O2. The Balaban J connectivity index is 1.89. The van der Waals surface area contributed by atoms with Crippen molar-refractivity contribution in [3.05, 3.63) is 83.9 Å². The number of methoxy groups -OCH3 is 1. The molecule has 1 atom stereocenters. The zero-order valence-electron chi connectivity index (χ0n) is 13.6. The van der Waals surface area contributed by atoms with Crippen LogP contribution in [0, 0.1) is 0 Å². The summed E-state index contributed by atoms with van der Waals surface area (Å²) in [5, 5.41) is 3.07. The number of rotatable bonds is 5. The number of amides is 1. The third-order valence-corrected chi connectivity index (χ3v) is 3.88. The van der Waals surface area contributed by atoms with E-state index in [1.54, 1.807) is 37.6 Å². The van der Waals surface area contributed by atoms with Gasteiger partial charge in [-0.05, 0) is 29.8 Å². The Hall–Kier alpha value is -3.08. The van der Waals surface area contributed by atoms with Crippen LogP contribution < -0.4 is 10.1 Å². The molecule has 0 spiro atoms. The molecule has 5 nitrogen and oxygen atoms in total. The summed E-state index contributed by atoms with van der Waals surface area (Å²) < 4.78 is 7.04. The van der Waals surface area contributed by atoms with Crippen LogP contribution in [-0.4, -0.2) is 22.6 Å². The number of nitrogens with one attached hydrogen (secondary N) is 1. The molecule has 2 aromatic carbocycles. The second-order valence-corrected chi connectivity index (χ2v) is 5.44. The second kappa shape index (κ2) is 7.00. The maximum absolute atomic E-state index is 12.6. The molecule has 0 aliphatic heterocycles. The number of hydrogen-bond donors (Lipinski definition) is 1. The molecule has 1 aromatic heterocycles. The highest BCUT2D eigenvalue weighted by molar-refractivity contribution is 5.94. The number of carbonyl (C=O) groups is 1. The highest BCUT2D eigenvalue weighted by Gasteiger charge is 2.21. The predicted molar refractivity (Wildman–Crippen MR) is 92.0 cm³/mol. The van der Waals surface area contributed by atoms with Crippen molar-refractivity contribution in [1.29, 1.82) is 0 Å². The maximum atomic E-state index is 12.6. The molecule has 0 bridgehead atoms. The number of carbonyl (C=O) groups excluding carboxylic acids is 1. The minimum atomic E-state index is -0.319. The van der Waals surface area contributed by atoms with Crippen molar-refractivity contribution in [3.63, 3.8) is 0 Å². The summed E-state index contributed by atoms with van der Waals surface area (Å²) in [4.78, 5) is 17.0. The van der Waals surface area contributed by atoms with Gasteiger partial charge in [0.05, 0.1) is 7.11 Å². The lowest BCUT2D eigenvalue weighted by molar-refractivity contribution is 0.0941. The summed E-state index contributed by atoms with van der Waals surface area (Å²) in [6.07, 6.45) is 3.59. The Morgan fingerprint density at radius 1 is 1.12 bits per heavy atom. The summed E-state index contributed by atoms with van der Waals surface area (Å²) in [5.41, 5.74) is 1.56. The van der Waals surface area contributed by atoms with Crippen molar-refractivity contribution in [1.82, 2.24) is 14.9 Å². The summed E-state index contributed by atoms with van der Waals surface area (Å²) in [5.74, 6) is 1.34. The van der Waals surface area contributed by atoms with Crippen LogP contribution in [0.1, 0.15) is 27.8 Å². The van der Waals surface area contributed by atoms with Crippen LogP contribution in [0.15, 0.2) is 67.0 Å². The van der Waals surface area contributed by atoms with Crippen LogP contribution in [-0.2, 0) is 7.05 Å². The molecule has 1 heterocycles. The van der Waals surface area contributed by atoms with Crippen molar-refractivity contribution in [2.45, 2.75) is 6.04 Å². The summed E-state index contributed by atoms with van der Waals surface area (Å²) >= 11 is 0. The molecule has 0 aliphatic rings. The third-order valence-electron chi connectivity index (χ3n) is 3.88. The minimum Gasteiger partial charge on any atom is -0.497 e. The Morgan fingerprint density at radius 2 is 1.83 bits per heavy atom. The average molecular weight is 321 g/mol. The van der Waals surface area contributed by atoms with Gasteiger partial charge in [0.15, 0.2) is 0 Å². The molecule has 5 heteroatoms. The zero-order chi connectivity index (χ0) is 16.9. The highest BCUT2D eigenvalue weighted by atomic mass is 16.5. The van der Waals surface area contributed by atoms with E-state index in [1.807, 2.05) is 48.1 Å². The van der Waals surface area contributed by atoms with Crippen LogP contribution in [0.5, 0.6) is 5.75 Å². The first-order valence-electron chi connectivity index (χ1n) is 7.66. The molecule has 24 heavy (non-hydrogen) atoms. The van der Waals surface area contributed by atoms with Crippen molar-refractivity contribution in [2.24, 2.45) is 7.05 Å². The van der Waals surface area contributed by atoms with Crippen LogP contribution in [0.2, 0.25) is 0 Å². The number of benzene rings is 2. The number of nitrogens with zero attached hydrogens (tertiary/aromatic N) is 2. The molecule has 0 saturated carbocycles. The number of imidazole rings is 1. The molecule has 3 aromatic rings. The van der Waals surface area contributed by atoms with Crippen LogP contribution >= 0.6 is 0 Å². The fourth-order valence-corrected chi connectivity index (χ4v) is 2.55. The molecule has 0 saturated heterocycles. The zero-order valence-corrected chi connectivity index (χ0v) is 13.6. The first-order valence-corrected chi connectivity index (χ1v) is 7.66. The largest absolute Gasteiger partial charge is 0.497 e. The summed E-state index contributed by atoms with van der Waals surface area (Å²) in [7, 11) is 3.51. The van der Waals surface area contributed by atoms with Gasteiger partial charge in [0.2, 0.25) is 0 Å². The quantitative estimate of drug-likeness (QED) is 0.786. The van der Waals surface area contributed by atoms with Crippen molar-refractivity contribution in [2.75, 3.05) is 7.11 Å². The Morgan fingerprint density at radius 3 is 2.42 bits per heavy atom. The molecule has 1 amide bonds. The van der Waals surface area contributed by atoms with Crippen molar-refractivity contribution in [3.8, 4) is 5.75 Å². The van der Waals surface area contributed by atoms with E-state index in [4.69, 9.17) is 4.74 Å². The average Bonchev–Trinajstić information content (AvgIpc) is 3.06. The topological polar surface area (TPSA) is 56.1 Å². The van der Waals surface area contributed by atoms with Gasteiger partial charge in [0.25, 0.3) is 5.91 Å². The van der Waals surface area contributed by atoms with E-state index in [9.17, 15) is 4.79 Å². The van der Waals surface area contributed by atoms with Crippen LogP contribution in [0.3, 0.4) is 0 Å². The van der Waals surface area contributed by atoms with E-state index in [0.29, 0.717) is 5.56 Å². The van der Waals surface area contributed by atoms with Gasteiger partial charge in [0, 0.05) is 25.0 Å². The Labute approximate surface area is 140 Å². The molecule has 122 valence electrons. The fraction of sp³-hybridized carbons (Fsp3) is 0.158. The molecule has 0 aliphatic carbocycles. The van der Waals surface area contributed by atoms with Gasteiger partial charge in [-0.15, -0.1) is 0 Å². The van der Waals surface area contributed by atoms with E-state index in [2.05, 4.69) is 10.3 Å². The standard InChI is InChI=1S/C19H19N3O2/c1-22-13-12-20-18(22)17(14-6-4-3-5-7-14)21-19(23)15-8-10-16(24-2)11-9-15/h3-13,17H,1-2H3,(H,21,23). The van der Waals surface area contributed by atoms with E-state index >= 15 is 0 Å². The smallest absolute Gasteiger partial charge is 0.252 e. The third kappa shape index (κ3) is 3.30. The Bertz CT molecular complexity index is 810. The number of aryl methyl sites for hydroxylation is 1. The molecule has 1 N–H and O–H groups in total. The lowest BCUT2D eigenvalue weighted by Crippen LogP contribution is -2.31. The maximum Gasteiger partial charge on any atom is 0.252 e. The van der Waals surface area contributed by atoms with Gasteiger partial charge in [-0.1, -0.05) is 30.3 Å². The lowest BCUT2D eigenvalue weighted by atomic mass is 10.1. The normalized spacial score (nSPS) is 11.8. The van der Waals surface area contributed by atoms with Gasteiger partial charge in [-0.2, -0.15) is 0 Å². The van der Waals surface area contributed by atoms with Gasteiger partial charge in [0.1, 0.15) is 17.6 Å². The monoisotopic (exact) mass is 321 g/mol. The number of ether oxygens (including phenoxy) is 1. The van der Waals surface area contributed by atoms with Crippen molar-refractivity contribution >= 4 is 5.91 Å². The van der Waals surface area contributed by atoms with Gasteiger partial charge >= 0.3 is 0 Å². The SMILES string of the molecule is COc1ccc(C(=O)NC(c2ccccc2)c2nccn2C)cc1. The van der Waals surface area contributed by atoms with E-state index < -0.39 is 0 Å². The Kier molecular flexibility index (Phi) is 4.61.